The molecule has 0 saturated heterocycles. The van der Waals surface area contributed by atoms with Crippen LogP contribution in [0.25, 0.3) is 0 Å². The quantitative estimate of drug-likeness (QED) is 0.520. The van der Waals surface area contributed by atoms with E-state index in [4.69, 9.17) is 5.11 Å². The average molecular weight is 259 g/mol. The van der Waals surface area contributed by atoms with Gasteiger partial charge >= 0.3 is 11.9 Å². The lowest BCUT2D eigenvalue weighted by Crippen LogP contribution is -2.40. The number of aliphatic carboxylic acids is 1. The minimum atomic E-state index is -0.863. The molecule has 18 heavy (non-hydrogen) atoms. The van der Waals surface area contributed by atoms with Gasteiger partial charge < -0.3 is 14.7 Å². The number of methoxy groups -OCH3 is 1. The predicted molar refractivity (Wildman–Crippen MR) is 65.0 cm³/mol. The molecule has 104 valence electrons. The molecular formula is C12H21NO5. The maximum absolute atomic E-state index is 11.9. The summed E-state index contributed by atoms with van der Waals surface area (Å²) in [7, 11) is 1.28. The van der Waals surface area contributed by atoms with Gasteiger partial charge in [0.1, 0.15) is 6.54 Å². The van der Waals surface area contributed by atoms with Crippen LogP contribution in [0.3, 0.4) is 0 Å². The highest BCUT2D eigenvalue weighted by molar-refractivity contribution is 5.82. The molecule has 0 heterocycles. The van der Waals surface area contributed by atoms with E-state index in [0.29, 0.717) is 12.8 Å². The van der Waals surface area contributed by atoms with Gasteiger partial charge in [0, 0.05) is 18.9 Å². The van der Waals surface area contributed by atoms with E-state index in [1.807, 2.05) is 13.8 Å². The van der Waals surface area contributed by atoms with Crippen LogP contribution < -0.4 is 0 Å². The highest BCUT2D eigenvalue weighted by Crippen LogP contribution is 2.07. The molecule has 0 aromatic rings. The molecular weight excluding hydrogens is 238 g/mol. The van der Waals surface area contributed by atoms with E-state index in [9.17, 15) is 14.4 Å². The Morgan fingerprint density at radius 2 is 1.72 bits per heavy atom. The first-order chi connectivity index (χ1) is 8.38. The maximum atomic E-state index is 11.9. The Morgan fingerprint density at radius 3 is 2.17 bits per heavy atom. The molecule has 0 aliphatic carbocycles. The average Bonchev–Trinajstić information content (AvgIpc) is 2.30. The number of carboxylic acid groups (broad SMARTS) is 1. The summed E-state index contributed by atoms with van der Waals surface area (Å²) in [6.45, 7) is 3.57. The largest absolute Gasteiger partial charge is 0.481 e. The van der Waals surface area contributed by atoms with Gasteiger partial charge in [0.15, 0.2) is 0 Å². The van der Waals surface area contributed by atoms with Gasteiger partial charge in [-0.25, -0.2) is 0 Å². The van der Waals surface area contributed by atoms with Crippen LogP contribution in [-0.4, -0.2) is 47.5 Å². The zero-order valence-electron chi connectivity index (χ0n) is 11.1. The molecule has 6 nitrogen and oxygen atoms in total. The summed E-state index contributed by atoms with van der Waals surface area (Å²) in [6, 6.07) is -0.0870. The Labute approximate surface area is 107 Å². The summed E-state index contributed by atoms with van der Waals surface area (Å²) in [4.78, 5) is 34.8. The van der Waals surface area contributed by atoms with Crippen LogP contribution in [0, 0.1) is 0 Å². The SMILES string of the molecule is COC(=O)CN(C(=O)CCCCC(=O)O)C(C)C. The molecule has 1 N–H and O–H groups in total. The number of amides is 1. The van der Waals surface area contributed by atoms with Crippen LogP contribution >= 0.6 is 0 Å². The van der Waals surface area contributed by atoms with Crippen LogP contribution in [0.15, 0.2) is 0 Å². The van der Waals surface area contributed by atoms with Gasteiger partial charge in [-0.05, 0) is 26.7 Å². The molecule has 0 aromatic carbocycles. The number of esters is 1. The van der Waals surface area contributed by atoms with Crippen molar-refractivity contribution >= 4 is 17.8 Å². The Bertz CT molecular complexity index is 301. The van der Waals surface area contributed by atoms with E-state index in [1.54, 1.807) is 0 Å². The van der Waals surface area contributed by atoms with Crippen molar-refractivity contribution < 1.29 is 24.2 Å². The van der Waals surface area contributed by atoms with E-state index in [1.165, 1.54) is 12.0 Å². The molecule has 0 aliphatic heterocycles. The zero-order valence-corrected chi connectivity index (χ0v) is 11.1. The highest BCUT2D eigenvalue weighted by Gasteiger charge is 2.19. The lowest BCUT2D eigenvalue weighted by atomic mass is 10.1. The highest BCUT2D eigenvalue weighted by atomic mass is 16.5. The second kappa shape index (κ2) is 8.49. The first-order valence-corrected chi connectivity index (χ1v) is 5.96. The second-order valence-electron chi connectivity index (χ2n) is 4.29. The normalized spacial score (nSPS) is 10.2. The summed E-state index contributed by atoms with van der Waals surface area (Å²) in [5.74, 6) is -1.47. The van der Waals surface area contributed by atoms with E-state index in [-0.39, 0.29) is 31.3 Å². The molecule has 6 heteroatoms. The van der Waals surface area contributed by atoms with Crippen molar-refractivity contribution in [2.24, 2.45) is 0 Å². The summed E-state index contributed by atoms with van der Waals surface area (Å²) in [6.07, 6.45) is 1.29. The van der Waals surface area contributed by atoms with Gasteiger partial charge in [-0.15, -0.1) is 0 Å². The Balaban J connectivity index is 4.14. The predicted octanol–water partition coefficient (Wildman–Crippen LogP) is 1.04. The van der Waals surface area contributed by atoms with Gasteiger partial charge in [-0.1, -0.05) is 0 Å². The molecule has 0 aliphatic rings. The Kier molecular flexibility index (Phi) is 7.74. The van der Waals surface area contributed by atoms with Crippen molar-refractivity contribution in [2.75, 3.05) is 13.7 Å². The fourth-order valence-corrected chi connectivity index (χ4v) is 1.46. The maximum Gasteiger partial charge on any atom is 0.325 e. The van der Waals surface area contributed by atoms with E-state index in [2.05, 4.69) is 4.74 Å². The van der Waals surface area contributed by atoms with Crippen molar-refractivity contribution in [2.45, 2.75) is 45.6 Å². The number of carbonyl (C=O) groups is 3. The summed E-state index contributed by atoms with van der Waals surface area (Å²) in [5.41, 5.74) is 0. The summed E-state index contributed by atoms with van der Waals surface area (Å²) < 4.78 is 4.53. The van der Waals surface area contributed by atoms with E-state index >= 15 is 0 Å². The molecule has 0 bridgehead atoms. The number of nitrogens with zero attached hydrogens (tertiary/aromatic N) is 1. The zero-order chi connectivity index (χ0) is 14.1. The van der Waals surface area contributed by atoms with Crippen LogP contribution in [0.2, 0.25) is 0 Å². The molecule has 0 fully saturated rings. The van der Waals surface area contributed by atoms with Crippen molar-refractivity contribution in [1.82, 2.24) is 4.90 Å². The van der Waals surface area contributed by atoms with Crippen molar-refractivity contribution in [3.8, 4) is 0 Å². The molecule has 0 saturated carbocycles. The van der Waals surface area contributed by atoms with Crippen molar-refractivity contribution in [3.63, 3.8) is 0 Å². The molecule has 0 spiro atoms. The fourth-order valence-electron chi connectivity index (χ4n) is 1.46. The third-order valence-corrected chi connectivity index (χ3v) is 2.50. The molecule has 1 amide bonds. The van der Waals surface area contributed by atoms with Crippen molar-refractivity contribution in [3.05, 3.63) is 0 Å². The van der Waals surface area contributed by atoms with Crippen LogP contribution in [0.4, 0.5) is 0 Å². The van der Waals surface area contributed by atoms with Crippen LogP contribution in [0.1, 0.15) is 39.5 Å². The van der Waals surface area contributed by atoms with Gasteiger partial charge in [0.05, 0.1) is 7.11 Å². The fraction of sp³-hybridized carbons (Fsp3) is 0.750. The van der Waals surface area contributed by atoms with Crippen LogP contribution in [-0.2, 0) is 19.1 Å². The first-order valence-electron chi connectivity index (χ1n) is 5.96. The third-order valence-electron chi connectivity index (χ3n) is 2.50. The van der Waals surface area contributed by atoms with E-state index < -0.39 is 11.9 Å². The topological polar surface area (TPSA) is 83.9 Å². The number of hydrogen-bond acceptors (Lipinski definition) is 4. The molecule has 0 radical (unpaired) electrons. The van der Waals surface area contributed by atoms with Crippen LogP contribution in [0.5, 0.6) is 0 Å². The monoisotopic (exact) mass is 259 g/mol. The Morgan fingerprint density at radius 1 is 1.17 bits per heavy atom. The second-order valence-corrected chi connectivity index (χ2v) is 4.29. The third kappa shape index (κ3) is 6.88. The summed E-state index contributed by atoms with van der Waals surface area (Å²) >= 11 is 0. The smallest absolute Gasteiger partial charge is 0.325 e. The molecule has 0 atom stereocenters. The lowest BCUT2D eigenvalue weighted by Gasteiger charge is -2.25. The lowest BCUT2D eigenvalue weighted by molar-refractivity contribution is -0.148. The number of rotatable bonds is 8. The summed E-state index contributed by atoms with van der Waals surface area (Å²) in [5, 5.41) is 8.47. The number of carboxylic acids is 1. The van der Waals surface area contributed by atoms with Crippen molar-refractivity contribution in [1.29, 1.82) is 0 Å². The first kappa shape index (κ1) is 16.4. The molecule has 0 aromatic heterocycles. The molecule has 0 unspecified atom stereocenters. The number of hydrogen-bond donors (Lipinski definition) is 1. The Hall–Kier alpha value is -1.59. The minimum Gasteiger partial charge on any atom is -0.481 e. The van der Waals surface area contributed by atoms with Gasteiger partial charge in [-0.3, -0.25) is 14.4 Å². The minimum absolute atomic E-state index is 0.0615. The standard InChI is InChI=1S/C12H21NO5/c1-9(2)13(8-12(17)18-3)10(14)6-4-5-7-11(15)16/h9H,4-8H2,1-3H3,(H,15,16). The number of unbranched alkanes of at least 4 members (excludes halogenated alkanes) is 1. The van der Waals surface area contributed by atoms with Gasteiger partial charge in [0.2, 0.25) is 5.91 Å². The van der Waals surface area contributed by atoms with Gasteiger partial charge in [-0.2, -0.15) is 0 Å². The number of carbonyl (C=O) groups excluding carboxylic acids is 2. The van der Waals surface area contributed by atoms with E-state index in [0.717, 1.165) is 0 Å². The number of ether oxygens (including phenoxy) is 1. The molecule has 0 rings (SSSR count). The van der Waals surface area contributed by atoms with Gasteiger partial charge in [0.25, 0.3) is 0 Å².